The molecule has 4 heteroatoms. The molecule has 1 heterocycles. The minimum absolute atomic E-state index is 0.589. The van der Waals surface area contributed by atoms with E-state index in [1.54, 1.807) is 0 Å². The van der Waals surface area contributed by atoms with Crippen molar-refractivity contribution in [3.8, 4) is 11.3 Å². The molecule has 0 unspecified atom stereocenters. The zero-order chi connectivity index (χ0) is 9.97. The van der Waals surface area contributed by atoms with E-state index in [1.807, 2.05) is 24.3 Å². The third kappa shape index (κ3) is 1.70. The Kier molecular flexibility index (Phi) is 2.62. The normalized spacial score (nSPS) is 10.1. The van der Waals surface area contributed by atoms with Crippen molar-refractivity contribution in [2.75, 3.05) is 0 Å². The minimum atomic E-state index is 0.589. The molecule has 0 spiro atoms. The second-order valence-corrected chi connectivity index (χ2v) is 4.07. The summed E-state index contributed by atoms with van der Waals surface area (Å²) in [5.41, 5.74) is 2.34. The number of H-pyrrole nitrogens is 1. The Balaban J connectivity index is 2.49. The summed E-state index contributed by atoms with van der Waals surface area (Å²) in [6, 6.07) is 7.90. The van der Waals surface area contributed by atoms with E-state index in [2.05, 4.69) is 32.8 Å². The lowest BCUT2D eigenvalue weighted by molar-refractivity contribution is 0.112. The van der Waals surface area contributed by atoms with Crippen LogP contribution in [0, 0.1) is 3.57 Å². The van der Waals surface area contributed by atoms with Gasteiger partial charge in [-0.1, -0.05) is 12.1 Å². The molecule has 0 atom stereocenters. The Hall–Kier alpha value is -1.17. The van der Waals surface area contributed by atoms with Gasteiger partial charge in [-0.3, -0.25) is 9.89 Å². The van der Waals surface area contributed by atoms with Crippen molar-refractivity contribution in [3.05, 3.63) is 39.6 Å². The highest BCUT2D eigenvalue weighted by Crippen LogP contribution is 2.20. The van der Waals surface area contributed by atoms with E-state index in [0.29, 0.717) is 5.56 Å². The molecule has 0 aliphatic heterocycles. The Morgan fingerprint density at radius 1 is 1.29 bits per heavy atom. The van der Waals surface area contributed by atoms with Gasteiger partial charge in [-0.05, 0) is 34.7 Å². The largest absolute Gasteiger partial charge is 0.298 e. The first-order chi connectivity index (χ1) is 6.81. The number of aromatic nitrogens is 2. The fraction of sp³-hybridized carbons (Fsp3) is 0. The molecule has 1 N–H and O–H groups in total. The number of nitrogens with zero attached hydrogens (tertiary/aromatic N) is 1. The third-order valence-electron chi connectivity index (χ3n) is 1.93. The average Bonchev–Trinajstić information content (AvgIpc) is 2.67. The smallest absolute Gasteiger partial charge is 0.153 e. The van der Waals surface area contributed by atoms with Crippen LogP contribution < -0.4 is 0 Å². The molecule has 0 aliphatic rings. The molecule has 2 rings (SSSR count). The number of rotatable bonds is 2. The molecule has 0 radical (unpaired) electrons. The Labute approximate surface area is 94.7 Å². The van der Waals surface area contributed by atoms with Gasteiger partial charge in [0.2, 0.25) is 0 Å². The van der Waals surface area contributed by atoms with Gasteiger partial charge in [0.1, 0.15) is 0 Å². The fourth-order valence-corrected chi connectivity index (χ4v) is 1.59. The first-order valence-corrected chi connectivity index (χ1v) is 5.13. The number of benzene rings is 1. The van der Waals surface area contributed by atoms with Crippen LogP contribution in [0.5, 0.6) is 0 Å². The lowest BCUT2D eigenvalue weighted by atomic mass is 10.1. The van der Waals surface area contributed by atoms with E-state index in [4.69, 9.17) is 0 Å². The lowest BCUT2D eigenvalue weighted by Gasteiger charge is -1.98. The van der Waals surface area contributed by atoms with Crippen LogP contribution in [0.2, 0.25) is 0 Å². The maximum Gasteiger partial charge on any atom is 0.153 e. The summed E-state index contributed by atoms with van der Waals surface area (Å²) in [6.07, 6.45) is 2.33. The zero-order valence-corrected chi connectivity index (χ0v) is 9.36. The van der Waals surface area contributed by atoms with Gasteiger partial charge < -0.3 is 0 Å². The predicted octanol–water partition coefficient (Wildman–Crippen LogP) is 2.49. The first kappa shape index (κ1) is 9.39. The highest BCUT2D eigenvalue weighted by atomic mass is 127. The molecule has 14 heavy (non-hydrogen) atoms. The molecule has 0 amide bonds. The Bertz CT molecular complexity index is 447. The topological polar surface area (TPSA) is 45.8 Å². The Morgan fingerprint density at radius 3 is 2.64 bits per heavy atom. The van der Waals surface area contributed by atoms with E-state index in [9.17, 15) is 4.79 Å². The molecule has 1 aromatic carbocycles. The van der Waals surface area contributed by atoms with E-state index in [0.717, 1.165) is 17.5 Å². The predicted molar refractivity (Wildman–Crippen MR) is 62.1 cm³/mol. The van der Waals surface area contributed by atoms with Gasteiger partial charge >= 0.3 is 0 Å². The van der Waals surface area contributed by atoms with Crippen molar-refractivity contribution < 1.29 is 4.79 Å². The number of hydrogen-bond acceptors (Lipinski definition) is 2. The molecule has 0 aliphatic carbocycles. The summed E-state index contributed by atoms with van der Waals surface area (Å²) in [6.45, 7) is 0. The summed E-state index contributed by atoms with van der Waals surface area (Å²) in [5.74, 6) is 0. The monoisotopic (exact) mass is 298 g/mol. The van der Waals surface area contributed by atoms with E-state index in [1.165, 1.54) is 9.77 Å². The van der Waals surface area contributed by atoms with Crippen LogP contribution >= 0.6 is 22.6 Å². The number of aldehydes is 1. The molecule has 0 saturated carbocycles. The van der Waals surface area contributed by atoms with Gasteiger partial charge in [0, 0.05) is 9.13 Å². The van der Waals surface area contributed by atoms with Crippen molar-refractivity contribution in [1.82, 2.24) is 10.2 Å². The number of hydrogen-bond donors (Lipinski definition) is 1. The summed E-state index contributed by atoms with van der Waals surface area (Å²) in [4.78, 5) is 10.7. The Morgan fingerprint density at radius 2 is 2.00 bits per heavy atom. The molecule has 0 saturated heterocycles. The highest BCUT2D eigenvalue weighted by molar-refractivity contribution is 14.1. The SMILES string of the molecule is O=Cc1cn[nH]c1-c1ccc(I)cc1. The van der Waals surface area contributed by atoms with Crippen molar-refractivity contribution in [1.29, 1.82) is 0 Å². The number of carbonyl (C=O) groups excluding carboxylic acids is 1. The van der Waals surface area contributed by atoms with E-state index >= 15 is 0 Å². The van der Waals surface area contributed by atoms with Crippen molar-refractivity contribution in [2.45, 2.75) is 0 Å². The third-order valence-corrected chi connectivity index (χ3v) is 2.65. The molecular formula is C10H7IN2O. The maximum absolute atomic E-state index is 10.7. The first-order valence-electron chi connectivity index (χ1n) is 4.06. The second-order valence-electron chi connectivity index (χ2n) is 2.83. The second kappa shape index (κ2) is 3.91. The average molecular weight is 298 g/mol. The number of nitrogens with one attached hydrogen (secondary N) is 1. The lowest BCUT2D eigenvalue weighted by Crippen LogP contribution is -1.84. The van der Waals surface area contributed by atoms with Gasteiger partial charge in [-0.15, -0.1) is 0 Å². The van der Waals surface area contributed by atoms with Gasteiger partial charge in [-0.25, -0.2) is 0 Å². The fourth-order valence-electron chi connectivity index (χ4n) is 1.23. The molecule has 1 aromatic heterocycles. The van der Waals surface area contributed by atoms with Gasteiger partial charge in [0.05, 0.1) is 17.5 Å². The van der Waals surface area contributed by atoms with Gasteiger partial charge in [-0.2, -0.15) is 5.10 Å². The molecule has 70 valence electrons. The summed E-state index contributed by atoms with van der Waals surface area (Å²) in [5, 5.41) is 6.64. The summed E-state index contributed by atoms with van der Waals surface area (Å²) in [7, 11) is 0. The molecule has 3 nitrogen and oxygen atoms in total. The number of aromatic amines is 1. The van der Waals surface area contributed by atoms with E-state index < -0.39 is 0 Å². The van der Waals surface area contributed by atoms with Crippen LogP contribution in [-0.4, -0.2) is 16.5 Å². The van der Waals surface area contributed by atoms with Crippen LogP contribution in [0.4, 0.5) is 0 Å². The van der Waals surface area contributed by atoms with Crippen molar-refractivity contribution in [2.24, 2.45) is 0 Å². The van der Waals surface area contributed by atoms with Gasteiger partial charge in [0.25, 0.3) is 0 Å². The molecular weight excluding hydrogens is 291 g/mol. The molecule has 0 fully saturated rings. The quantitative estimate of drug-likeness (QED) is 0.684. The van der Waals surface area contributed by atoms with Crippen LogP contribution in [0.1, 0.15) is 10.4 Å². The van der Waals surface area contributed by atoms with Gasteiger partial charge in [0.15, 0.2) is 6.29 Å². The maximum atomic E-state index is 10.7. The van der Waals surface area contributed by atoms with Crippen molar-refractivity contribution >= 4 is 28.9 Å². The van der Waals surface area contributed by atoms with Crippen LogP contribution in [-0.2, 0) is 0 Å². The summed E-state index contributed by atoms with van der Waals surface area (Å²) < 4.78 is 1.17. The minimum Gasteiger partial charge on any atom is -0.298 e. The zero-order valence-electron chi connectivity index (χ0n) is 7.20. The standard InChI is InChI=1S/C10H7IN2O/c11-9-3-1-7(2-4-9)10-8(6-14)5-12-13-10/h1-6H,(H,12,13). The summed E-state index contributed by atoms with van der Waals surface area (Å²) >= 11 is 2.24. The highest BCUT2D eigenvalue weighted by Gasteiger charge is 2.05. The van der Waals surface area contributed by atoms with Crippen LogP contribution in [0.3, 0.4) is 0 Å². The van der Waals surface area contributed by atoms with Crippen LogP contribution in [0.25, 0.3) is 11.3 Å². The number of halogens is 1. The van der Waals surface area contributed by atoms with Crippen molar-refractivity contribution in [3.63, 3.8) is 0 Å². The van der Waals surface area contributed by atoms with Crippen LogP contribution in [0.15, 0.2) is 30.5 Å². The molecule has 2 aromatic rings. The number of carbonyl (C=O) groups is 1. The molecule has 0 bridgehead atoms. The van der Waals surface area contributed by atoms with E-state index in [-0.39, 0.29) is 0 Å².